The van der Waals surface area contributed by atoms with E-state index < -0.39 is 0 Å². The molecule has 3 heterocycles. The average Bonchev–Trinajstić information content (AvgIpc) is 3.46. The van der Waals surface area contributed by atoms with Gasteiger partial charge in [0.25, 0.3) is 5.91 Å². The number of nitrogen functional groups attached to an aromatic ring is 1. The van der Waals surface area contributed by atoms with Gasteiger partial charge in [0.2, 0.25) is 5.95 Å². The van der Waals surface area contributed by atoms with E-state index >= 15 is 0 Å². The molecule has 2 amide bonds. The number of carbonyl (C=O) groups excluding carboxylic acids is 2. The first kappa shape index (κ1) is 20.7. The molecule has 0 radical (unpaired) electrons. The summed E-state index contributed by atoms with van der Waals surface area (Å²) in [5.74, 6) is 0.227. The molecule has 3 aromatic rings. The third-order valence-corrected chi connectivity index (χ3v) is 6.05. The molecule has 0 spiro atoms. The monoisotopic (exact) mass is 444 g/mol. The zero-order chi connectivity index (χ0) is 22.8. The molecule has 2 bridgehead atoms. The normalized spacial score (nSPS) is 18.9. The number of likely N-dealkylation sites (tertiary alicyclic amines) is 1. The van der Waals surface area contributed by atoms with Gasteiger partial charge in [0.05, 0.1) is 29.0 Å². The fourth-order valence-electron chi connectivity index (χ4n) is 4.33. The summed E-state index contributed by atoms with van der Waals surface area (Å²) in [6.45, 7) is 1.47. The minimum absolute atomic E-state index is 0.0610. The number of nitrogens with two attached hydrogens (primary N) is 1. The maximum Gasteiger partial charge on any atom is 0.410 e. The fourth-order valence-corrected chi connectivity index (χ4v) is 4.33. The van der Waals surface area contributed by atoms with Crippen molar-refractivity contribution >= 4 is 29.3 Å². The fraction of sp³-hybridized carbons (Fsp3) is 0.250. The van der Waals surface area contributed by atoms with Crippen LogP contribution in [-0.4, -0.2) is 52.0 Å². The van der Waals surface area contributed by atoms with Crippen LogP contribution < -0.4 is 16.0 Å². The molecule has 2 fully saturated rings. The van der Waals surface area contributed by atoms with Crippen LogP contribution in [0, 0.1) is 0 Å². The number of hydrogen-bond donors (Lipinski definition) is 2. The Bertz CT molecular complexity index is 1150. The summed E-state index contributed by atoms with van der Waals surface area (Å²) in [4.78, 5) is 37.7. The van der Waals surface area contributed by atoms with Crippen LogP contribution in [0.15, 0.2) is 67.0 Å². The largest absolute Gasteiger partial charge is 0.445 e. The van der Waals surface area contributed by atoms with E-state index in [9.17, 15) is 9.59 Å². The number of para-hydroxylation sites is 2. The highest BCUT2D eigenvalue weighted by molar-refractivity contribution is 6.05. The molecule has 0 unspecified atom stereocenters. The quantitative estimate of drug-likeness (QED) is 0.582. The molecule has 33 heavy (non-hydrogen) atoms. The molecule has 9 nitrogen and oxygen atoms in total. The van der Waals surface area contributed by atoms with Crippen LogP contribution in [0.3, 0.4) is 0 Å². The number of piperazine rings is 1. The van der Waals surface area contributed by atoms with E-state index in [0.29, 0.717) is 36.0 Å². The van der Waals surface area contributed by atoms with Crippen molar-refractivity contribution in [1.29, 1.82) is 0 Å². The Morgan fingerprint density at radius 1 is 1.00 bits per heavy atom. The van der Waals surface area contributed by atoms with Crippen LogP contribution in [0.4, 0.5) is 22.1 Å². The standard InChI is InChI=1S/C24H24N6O3/c25-20-8-4-5-9-21(20)28-22(31)17-11-26-23(27-12-17)29-13-19-10-18(29)14-30(19)24(32)33-15-16-6-2-1-3-7-16/h1-9,11-12,18-19H,10,13-15,25H2,(H,28,31)/t18-,19-/m0/s1. The van der Waals surface area contributed by atoms with Gasteiger partial charge in [-0.3, -0.25) is 4.79 Å². The van der Waals surface area contributed by atoms with E-state index in [1.165, 1.54) is 12.4 Å². The number of ether oxygens (including phenoxy) is 1. The second-order valence-electron chi connectivity index (χ2n) is 8.20. The van der Waals surface area contributed by atoms with Crippen molar-refractivity contribution in [2.45, 2.75) is 25.1 Å². The first-order chi connectivity index (χ1) is 16.1. The lowest BCUT2D eigenvalue weighted by atomic mass is 10.2. The second kappa shape index (κ2) is 8.78. The zero-order valence-corrected chi connectivity index (χ0v) is 17.9. The van der Waals surface area contributed by atoms with Crippen LogP contribution in [0.1, 0.15) is 22.3 Å². The maximum absolute atomic E-state index is 12.5. The third-order valence-electron chi connectivity index (χ3n) is 6.05. The Balaban J connectivity index is 1.17. The van der Waals surface area contributed by atoms with E-state index in [-0.39, 0.29) is 30.7 Å². The van der Waals surface area contributed by atoms with E-state index in [1.54, 1.807) is 29.2 Å². The van der Waals surface area contributed by atoms with Crippen molar-refractivity contribution in [2.75, 3.05) is 29.0 Å². The van der Waals surface area contributed by atoms with E-state index in [2.05, 4.69) is 20.2 Å². The lowest BCUT2D eigenvalue weighted by Crippen LogP contribution is -2.49. The van der Waals surface area contributed by atoms with E-state index in [1.807, 2.05) is 30.3 Å². The van der Waals surface area contributed by atoms with E-state index in [0.717, 1.165) is 12.0 Å². The molecular weight excluding hydrogens is 420 g/mol. The number of anilines is 3. The van der Waals surface area contributed by atoms with Gasteiger partial charge >= 0.3 is 6.09 Å². The molecule has 0 saturated carbocycles. The van der Waals surface area contributed by atoms with Gasteiger partial charge in [0.1, 0.15) is 6.61 Å². The molecule has 2 aliphatic heterocycles. The van der Waals surface area contributed by atoms with Gasteiger partial charge < -0.3 is 25.6 Å². The molecule has 2 aliphatic rings. The first-order valence-electron chi connectivity index (χ1n) is 10.8. The smallest absolute Gasteiger partial charge is 0.410 e. The number of nitrogens with one attached hydrogen (secondary N) is 1. The van der Waals surface area contributed by atoms with Gasteiger partial charge in [-0.05, 0) is 24.1 Å². The van der Waals surface area contributed by atoms with Crippen molar-refractivity contribution < 1.29 is 14.3 Å². The molecule has 0 aliphatic carbocycles. The maximum atomic E-state index is 12.5. The van der Waals surface area contributed by atoms with Gasteiger partial charge in [-0.1, -0.05) is 42.5 Å². The Labute approximate surface area is 191 Å². The number of fused-ring (bicyclic) bond motifs is 2. The topological polar surface area (TPSA) is 114 Å². The van der Waals surface area contributed by atoms with Gasteiger partial charge in [0.15, 0.2) is 0 Å². The predicted octanol–water partition coefficient (Wildman–Crippen LogP) is 2.91. The highest BCUT2D eigenvalue weighted by Gasteiger charge is 2.46. The summed E-state index contributed by atoms with van der Waals surface area (Å²) in [6.07, 6.45) is 3.57. The first-order valence-corrected chi connectivity index (χ1v) is 10.8. The Morgan fingerprint density at radius 3 is 2.42 bits per heavy atom. The average molecular weight is 444 g/mol. The minimum Gasteiger partial charge on any atom is -0.445 e. The van der Waals surface area contributed by atoms with Crippen molar-refractivity contribution in [1.82, 2.24) is 14.9 Å². The van der Waals surface area contributed by atoms with Crippen molar-refractivity contribution in [3.05, 3.63) is 78.1 Å². The van der Waals surface area contributed by atoms with Crippen molar-refractivity contribution in [2.24, 2.45) is 0 Å². The number of benzene rings is 2. The molecule has 2 aromatic carbocycles. The van der Waals surface area contributed by atoms with Crippen LogP contribution in [-0.2, 0) is 11.3 Å². The Hall–Kier alpha value is -4.14. The van der Waals surface area contributed by atoms with Crippen LogP contribution in [0.25, 0.3) is 0 Å². The molecule has 2 saturated heterocycles. The number of carbonyl (C=O) groups is 2. The molecular formula is C24H24N6O3. The van der Waals surface area contributed by atoms with Gasteiger partial charge in [-0.15, -0.1) is 0 Å². The van der Waals surface area contributed by atoms with Gasteiger partial charge in [-0.2, -0.15) is 0 Å². The molecule has 2 atom stereocenters. The summed E-state index contributed by atoms with van der Waals surface area (Å²) < 4.78 is 5.49. The number of rotatable bonds is 5. The van der Waals surface area contributed by atoms with E-state index in [4.69, 9.17) is 10.5 Å². The van der Waals surface area contributed by atoms with Crippen LogP contribution in [0.2, 0.25) is 0 Å². The number of aromatic nitrogens is 2. The summed E-state index contributed by atoms with van der Waals surface area (Å²) in [6, 6.07) is 16.9. The Morgan fingerprint density at radius 2 is 1.73 bits per heavy atom. The third kappa shape index (κ3) is 4.30. The molecule has 9 heteroatoms. The molecule has 5 rings (SSSR count). The number of amides is 2. The Kier molecular flexibility index (Phi) is 5.52. The SMILES string of the molecule is Nc1ccccc1NC(=O)c1cnc(N2C[C@@H]3C[C@H]2CN3C(=O)OCc2ccccc2)nc1. The lowest BCUT2D eigenvalue weighted by Gasteiger charge is -2.33. The van der Waals surface area contributed by atoms with Gasteiger partial charge in [-0.25, -0.2) is 14.8 Å². The highest BCUT2D eigenvalue weighted by Crippen LogP contribution is 2.33. The predicted molar refractivity (Wildman–Crippen MR) is 124 cm³/mol. The number of nitrogens with zero attached hydrogens (tertiary/aromatic N) is 4. The van der Waals surface area contributed by atoms with Crippen LogP contribution in [0.5, 0.6) is 0 Å². The highest BCUT2D eigenvalue weighted by atomic mass is 16.6. The second-order valence-corrected chi connectivity index (χ2v) is 8.20. The zero-order valence-electron chi connectivity index (χ0n) is 17.9. The summed E-state index contributed by atoms with van der Waals surface area (Å²) in [5, 5.41) is 2.77. The van der Waals surface area contributed by atoms with Crippen LogP contribution >= 0.6 is 0 Å². The van der Waals surface area contributed by atoms with Gasteiger partial charge in [0, 0.05) is 25.5 Å². The van der Waals surface area contributed by atoms with Crippen molar-refractivity contribution in [3.8, 4) is 0 Å². The molecule has 1 aromatic heterocycles. The van der Waals surface area contributed by atoms with Crippen molar-refractivity contribution in [3.63, 3.8) is 0 Å². The summed E-state index contributed by atoms with van der Waals surface area (Å²) in [7, 11) is 0. The number of hydrogen-bond acceptors (Lipinski definition) is 7. The summed E-state index contributed by atoms with van der Waals surface area (Å²) in [5.41, 5.74) is 8.22. The summed E-state index contributed by atoms with van der Waals surface area (Å²) >= 11 is 0. The molecule has 168 valence electrons. The molecule has 3 N–H and O–H groups in total. The minimum atomic E-state index is -0.324. The lowest BCUT2D eigenvalue weighted by molar-refractivity contribution is 0.0897.